The van der Waals surface area contributed by atoms with Crippen molar-refractivity contribution in [3.8, 4) is 23.0 Å². The smallest absolute Gasteiger partial charge is 0.224 e. The Morgan fingerprint density at radius 3 is 2.30 bits per heavy atom. The summed E-state index contributed by atoms with van der Waals surface area (Å²) < 4.78 is 16.6. The molecule has 160 valence electrons. The number of hydrogen-bond donors (Lipinski definition) is 1. The van der Waals surface area contributed by atoms with Gasteiger partial charge < -0.3 is 19.2 Å². The molecule has 0 radical (unpaired) electrons. The van der Waals surface area contributed by atoms with E-state index in [1.807, 2.05) is 24.3 Å². The van der Waals surface area contributed by atoms with Crippen LogP contribution in [0.5, 0.6) is 11.5 Å². The summed E-state index contributed by atoms with van der Waals surface area (Å²) in [6, 6.07) is 7.96. The molecule has 0 atom stereocenters. The molecule has 1 fully saturated rings. The lowest BCUT2D eigenvalue weighted by Crippen LogP contribution is -2.32. The summed E-state index contributed by atoms with van der Waals surface area (Å²) in [7, 11) is 3.26. The third-order valence-electron chi connectivity index (χ3n) is 6.24. The van der Waals surface area contributed by atoms with Crippen molar-refractivity contribution >= 4 is 16.9 Å². The van der Waals surface area contributed by atoms with Crippen molar-refractivity contribution in [2.24, 2.45) is 11.3 Å². The van der Waals surface area contributed by atoms with Gasteiger partial charge in [0, 0.05) is 17.5 Å². The Hall–Kier alpha value is -2.76. The molecule has 2 heterocycles. The van der Waals surface area contributed by atoms with Crippen molar-refractivity contribution in [2.45, 2.75) is 52.5 Å². The standard InChI is InChI=1S/C24H31N3O3/c1-24(2,3)15-8-10-16(11-9-15)25-23-26-18-14-21(29-5)20(28-4)13-17(18)22(27-23)19-7-6-12-30-19/h6-7,12-16H,8-11H2,1-5H3,(H,25,26,27). The summed E-state index contributed by atoms with van der Waals surface area (Å²) in [5.41, 5.74) is 1.91. The maximum atomic E-state index is 5.66. The van der Waals surface area contributed by atoms with Crippen molar-refractivity contribution < 1.29 is 13.9 Å². The van der Waals surface area contributed by atoms with Crippen LogP contribution >= 0.6 is 0 Å². The van der Waals surface area contributed by atoms with Crippen molar-refractivity contribution in [1.29, 1.82) is 0 Å². The van der Waals surface area contributed by atoms with E-state index in [0.717, 1.165) is 35.4 Å². The third-order valence-corrected chi connectivity index (χ3v) is 6.24. The lowest BCUT2D eigenvalue weighted by atomic mass is 9.71. The fourth-order valence-corrected chi connectivity index (χ4v) is 4.41. The topological polar surface area (TPSA) is 69.4 Å². The lowest BCUT2D eigenvalue weighted by molar-refractivity contribution is 0.173. The number of aromatic nitrogens is 2. The summed E-state index contributed by atoms with van der Waals surface area (Å²) in [6.07, 6.45) is 6.37. The van der Waals surface area contributed by atoms with E-state index in [1.165, 1.54) is 12.8 Å². The van der Waals surface area contributed by atoms with E-state index in [2.05, 4.69) is 26.1 Å². The predicted molar refractivity (Wildman–Crippen MR) is 119 cm³/mol. The largest absolute Gasteiger partial charge is 0.493 e. The molecule has 1 N–H and O–H groups in total. The highest BCUT2D eigenvalue weighted by atomic mass is 16.5. The number of fused-ring (bicyclic) bond motifs is 1. The summed E-state index contributed by atoms with van der Waals surface area (Å²) in [4.78, 5) is 9.62. The molecule has 1 aliphatic carbocycles. The van der Waals surface area contributed by atoms with Gasteiger partial charge in [0.1, 0.15) is 5.69 Å². The van der Waals surface area contributed by atoms with Crippen LogP contribution < -0.4 is 14.8 Å². The highest BCUT2D eigenvalue weighted by molar-refractivity contribution is 5.94. The average Bonchev–Trinajstić information content (AvgIpc) is 3.26. The first-order chi connectivity index (χ1) is 14.4. The second kappa shape index (κ2) is 8.17. The number of nitrogens with one attached hydrogen (secondary N) is 1. The number of methoxy groups -OCH3 is 2. The first-order valence-electron chi connectivity index (χ1n) is 10.6. The molecular weight excluding hydrogens is 378 g/mol. The lowest BCUT2D eigenvalue weighted by Gasteiger charge is -2.37. The fourth-order valence-electron chi connectivity index (χ4n) is 4.41. The van der Waals surface area contributed by atoms with Crippen molar-refractivity contribution in [1.82, 2.24) is 9.97 Å². The molecular formula is C24H31N3O3. The van der Waals surface area contributed by atoms with Gasteiger partial charge in [-0.1, -0.05) is 20.8 Å². The quantitative estimate of drug-likeness (QED) is 0.564. The highest BCUT2D eigenvalue weighted by Gasteiger charge is 2.30. The number of hydrogen-bond acceptors (Lipinski definition) is 6. The van der Waals surface area contributed by atoms with Gasteiger partial charge >= 0.3 is 0 Å². The van der Waals surface area contributed by atoms with E-state index in [4.69, 9.17) is 23.9 Å². The van der Waals surface area contributed by atoms with Gasteiger partial charge in [0.05, 0.1) is 26.0 Å². The number of ether oxygens (including phenoxy) is 2. The molecule has 0 spiro atoms. The maximum absolute atomic E-state index is 5.66. The molecule has 0 unspecified atom stereocenters. The molecule has 0 aliphatic heterocycles. The van der Waals surface area contributed by atoms with Crippen LogP contribution in [0.3, 0.4) is 0 Å². The molecule has 0 amide bonds. The normalized spacial score (nSPS) is 19.6. The monoisotopic (exact) mass is 409 g/mol. The zero-order chi connectivity index (χ0) is 21.3. The van der Waals surface area contributed by atoms with Crippen molar-refractivity contribution in [2.75, 3.05) is 19.5 Å². The summed E-state index contributed by atoms with van der Waals surface area (Å²) >= 11 is 0. The Bertz CT molecular complexity index is 1000. The molecule has 30 heavy (non-hydrogen) atoms. The van der Waals surface area contributed by atoms with Crippen LogP contribution in [0.1, 0.15) is 46.5 Å². The van der Waals surface area contributed by atoms with E-state index >= 15 is 0 Å². The molecule has 1 aliphatic rings. The Morgan fingerprint density at radius 2 is 1.70 bits per heavy atom. The van der Waals surface area contributed by atoms with Gasteiger partial charge in [-0.3, -0.25) is 0 Å². The second-order valence-corrected chi connectivity index (χ2v) is 9.16. The van der Waals surface area contributed by atoms with Crippen molar-refractivity contribution in [3.63, 3.8) is 0 Å². The second-order valence-electron chi connectivity index (χ2n) is 9.16. The van der Waals surface area contributed by atoms with E-state index in [9.17, 15) is 0 Å². The zero-order valence-corrected chi connectivity index (χ0v) is 18.5. The third kappa shape index (κ3) is 4.09. The molecule has 3 aromatic rings. The molecule has 4 rings (SSSR count). The van der Waals surface area contributed by atoms with Gasteiger partial charge in [0.2, 0.25) is 5.95 Å². The molecule has 1 saturated carbocycles. The number of rotatable bonds is 5. The predicted octanol–water partition coefficient (Wildman–Crippen LogP) is 5.92. The highest BCUT2D eigenvalue weighted by Crippen LogP contribution is 2.39. The van der Waals surface area contributed by atoms with Gasteiger partial charge in [-0.2, -0.15) is 0 Å². The number of anilines is 1. The number of furan rings is 1. The molecule has 0 saturated heterocycles. The SMILES string of the molecule is COc1cc2nc(NC3CCC(C(C)(C)C)CC3)nc(-c3ccco3)c2cc1OC. The van der Waals surface area contributed by atoms with Gasteiger partial charge in [-0.05, 0) is 55.2 Å². The van der Waals surface area contributed by atoms with E-state index < -0.39 is 0 Å². The van der Waals surface area contributed by atoms with E-state index in [-0.39, 0.29) is 0 Å². The minimum atomic E-state index is 0.368. The van der Waals surface area contributed by atoms with Crippen LogP contribution in [0.4, 0.5) is 5.95 Å². The minimum Gasteiger partial charge on any atom is -0.493 e. The molecule has 6 heteroatoms. The Labute approximate surface area is 178 Å². The number of benzene rings is 1. The van der Waals surface area contributed by atoms with Gasteiger partial charge in [-0.25, -0.2) is 9.97 Å². The Morgan fingerprint density at radius 1 is 1.00 bits per heavy atom. The average molecular weight is 410 g/mol. The molecule has 2 aromatic heterocycles. The van der Waals surface area contributed by atoms with Crippen LogP contribution in [0.15, 0.2) is 34.9 Å². The van der Waals surface area contributed by atoms with Gasteiger partial charge in [0.25, 0.3) is 0 Å². The first-order valence-corrected chi connectivity index (χ1v) is 10.6. The van der Waals surface area contributed by atoms with E-state index in [1.54, 1.807) is 20.5 Å². The summed E-state index contributed by atoms with van der Waals surface area (Å²) in [5, 5.41) is 4.44. The van der Waals surface area contributed by atoms with E-state index in [0.29, 0.717) is 34.7 Å². The van der Waals surface area contributed by atoms with Gasteiger partial charge in [-0.15, -0.1) is 0 Å². The van der Waals surface area contributed by atoms with Crippen LogP contribution in [0.25, 0.3) is 22.4 Å². The molecule has 0 bridgehead atoms. The van der Waals surface area contributed by atoms with Crippen LogP contribution in [-0.2, 0) is 0 Å². The minimum absolute atomic E-state index is 0.368. The fraction of sp³-hybridized carbons (Fsp3) is 0.500. The van der Waals surface area contributed by atoms with Crippen molar-refractivity contribution in [3.05, 3.63) is 30.5 Å². The van der Waals surface area contributed by atoms with Crippen LogP contribution in [0.2, 0.25) is 0 Å². The van der Waals surface area contributed by atoms with Gasteiger partial charge in [0.15, 0.2) is 17.3 Å². The van der Waals surface area contributed by atoms with Crippen LogP contribution in [-0.4, -0.2) is 30.2 Å². The Balaban J connectivity index is 1.67. The summed E-state index contributed by atoms with van der Waals surface area (Å²) in [5.74, 6) is 3.38. The Kier molecular flexibility index (Phi) is 5.58. The molecule has 6 nitrogen and oxygen atoms in total. The van der Waals surface area contributed by atoms with Crippen LogP contribution in [0, 0.1) is 11.3 Å². The molecule has 1 aromatic carbocycles. The first kappa shape index (κ1) is 20.5. The zero-order valence-electron chi connectivity index (χ0n) is 18.5. The number of nitrogens with zero attached hydrogens (tertiary/aromatic N) is 2. The summed E-state index contributed by atoms with van der Waals surface area (Å²) in [6.45, 7) is 7.03. The maximum Gasteiger partial charge on any atom is 0.224 e.